The Labute approximate surface area is 139 Å². The van der Waals surface area contributed by atoms with Gasteiger partial charge in [-0.25, -0.2) is 9.97 Å². The summed E-state index contributed by atoms with van der Waals surface area (Å²) in [5.74, 6) is 0.304. The van der Waals surface area contributed by atoms with Crippen LogP contribution in [0.1, 0.15) is 22.1 Å². The van der Waals surface area contributed by atoms with E-state index in [1.807, 2.05) is 12.2 Å². The third-order valence-corrected chi connectivity index (χ3v) is 3.58. The highest BCUT2D eigenvalue weighted by atomic mass is 16.5. The number of hydrogen-bond acceptors (Lipinski definition) is 6. The van der Waals surface area contributed by atoms with Gasteiger partial charge in [-0.05, 0) is 18.2 Å². The van der Waals surface area contributed by atoms with Gasteiger partial charge in [-0.15, -0.1) is 0 Å². The van der Waals surface area contributed by atoms with Gasteiger partial charge in [0.1, 0.15) is 5.75 Å². The van der Waals surface area contributed by atoms with Gasteiger partial charge in [0.25, 0.3) is 5.91 Å². The van der Waals surface area contributed by atoms with E-state index in [1.54, 1.807) is 43.8 Å². The van der Waals surface area contributed by atoms with E-state index in [9.17, 15) is 4.79 Å². The highest BCUT2D eigenvalue weighted by Crippen LogP contribution is 2.21. The molecule has 7 heteroatoms. The van der Waals surface area contributed by atoms with Crippen molar-refractivity contribution in [3.63, 3.8) is 0 Å². The molecule has 1 aromatic carbocycles. The standard InChI is InChI=1S/C17H17N5O2/c1-24-13-6-2-5-12(8-13)21-17(23)15-16(18)20-10-14(22-15)11-4-3-7-19-9-11/h2-8,10-11H,9H2,1H3,(H2,18,20)(H,21,23). The Morgan fingerprint density at radius 1 is 1.42 bits per heavy atom. The number of hydrogen-bond donors (Lipinski definition) is 2. The molecule has 0 spiro atoms. The minimum Gasteiger partial charge on any atom is -0.497 e. The molecule has 122 valence electrons. The van der Waals surface area contributed by atoms with Crippen molar-refractivity contribution in [2.45, 2.75) is 5.92 Å². The number of nitrogens with one attached hydrogen (secondary N) is 1. The first kappa shape index (κ1) is 15.7. The van der Waals surface area contributed by atoms with Gasteiger partial charge in [-0.2, -0.15) is 0 Å². The van der Waals surface area contributed by atoms with E-state index in [0.29, 0.717) is 23.7 Å². The second kappa shape index (κ2) is 6.91. The van der Waals surface area contributed by atoms with Gasteiger partial charge < -0.3 is 15.8 Å². The number of nitrogens with zero attached hydrogens (tertiary/aromatic N) is 3. The zero-order chi connectivity index (χ0) is 16.9. The molecule has 3 N–H and O–H groups in total. The molecule has 0 radical (unpaired) electrons. The van der Waals surface area contributed by atoms with Crippen molar-refractivity contribution in [3.8, 4) is 5.75 Å². The van der Waals surface area contributed by atoms with Gasteiger partial charge >= 0.3 is 0 Å². The maximum atomic E-state index is 12.5. The van der Waals surface area contributed by atoms with Gasteiger partial charge in [0.05, 0.1) is 25.5 Å². The van der Waals surface area contributed by atoms with Crippen LogP contribution in [0.15, 0.2) is 47.6 Å². The zero-order valence-corrected chi connectivity index (χ0v) is 13.1. The van der Waals surface area contributed by atoms with Gasteiger partial charge in [-0.1, -0.05) is 12.1 Å². The molecule has 1 amide bonds. The van der Waals surface area contributed by atoms with Crippen molar-refractivity contribution in [1.82, 2.24) is 9.97 Å². The predicted molar refractivity (Wildman–Crippen MR) is 92.6 cm³/mol. The molecule has 0 bridgehead atoms. The molecule has 2 aromatic rings. The van der Waals surface area contributed by atoms with Gasteiger partial charge in [-0.3, -0.25) is 9.79 Å². The average molecular weight is 323 g/mol. The largest absolute Gasteiger partial charge is 0.497 e. The molecule has 1 aromatic heterocycles. The number of dihydropyridines is 1. The molecule has 2 heterocycles. The minimum absolute atomic E-state index is 0.00790. The number of ether oxygens (including phenoxy) is 1. The number of carbonyl (C=O) groups is 1. The minimum atomic E-state index is -0.418. The summed E-state index contributed by atoms with van der Waals surface area (Å²) in [4.78, 5) is 25.2. The molecule has 0 aliphatic carbocycles. The Morgan fingerprint density at radius 2 is 2.29 bits per heavy atom. The maximum Gasteiger partial charge on any atom is 0.278 e. The molecular formula is C17H17N5O2. The summed E-state index contributed by atoms with van der Waals surface area (Å²) in [5, 5.41) is 2.75. The first-order valence-corrected chi connectivity index (χ1v) is 7.42. The van der Waals surface area contributed by atoms with Crippen LogP contribution < -0.4 is 15.8 Å². The van der Waals surface area contributed by atoms with E-state index >= 15 is 0 Å². The number of aromatic nitrogens is 2. The van der Waals surface area contributed by atoms with E-state index in [0.717, 1.165) is 0 Å². The van der Waals surface area contributed by atoms with Crippen LogP contribution in [0, 0.1) is 0 Å². The summed E-state index contributed by atoms with van der Waals surface area (Å²) in [6, 6.07) is 7.04. The van der Waals surface area contributed by atoms with Crippen LogP contribution in [0.2, 0.25) is 0 Å². The Hall–Kier alpha value is -3.22. The van der Waals surface area contributed by atoms with Crippen LogP contribution in [0.4, 0.5) is 11.5 Å². The van der Waals surface area contributed by atoms with Crippen molar-refractivity contribution < 1.29 is 9.53 Å². The van der Waals surface area contributed by atoms with Gasteiger partial charge in [0.15, 0.2) is 11.5 Å². The summed E-state index contributed by atoms with van der Waals surface area (Å²) >= 11 is 0. The van der Waals surface area contributed by atoms with E-state index in [-0.39, 0.29) is 17.4 Å². The monoisotopic (exact) mass is 323 g/mol. The summed E-state index contributed by atoms with van der Waals surface area (Å²) in [6.45, 7) is 0.575. The van der Waals surface area contributed by atoms with Crippen molar-refractivity contribution in [1.29, 1.82) is 0 Å². The molecule has 0 saturated carbocycles. The van der Waals surface area contributed by atoms with Crippen LogP contribution in [0.5, 0.6) is 5.75 Å². The number of anilines is 2. The average Bonchev–Trinajstić information content (AvgIpc) is 2.63. The second-order valence-electron chi connectivity index (χ2n) is 5.22. The number of rotatable bonds is 4. The predicted octanol–water partition coefficient (Wildman–Crippen LogP) is 2.04. The van der Waals surface area contributed by atoms with Crippen molar-refractivity contribution in [2.75, 3.05) is 24.7 Å². The van der Waals surface area contributed by atoms with E-state index in [4.69, 9.17) is 10.5 Å². The van der Waals surface area contributed by atoms with Crippen molar-refractivity contribution >= 4 is 23.6 Å². The first-order chi connectivity index (χ1) is 11.7. The summed E-state index contributed by atoms with van der Waals surface area (Å²) in [5.41, 5.74) is 7.17. The molecule has 0 fully saturated rings. The van der Waals surface area contributed by atoms with Crippen molar-refractivity contribution in [2.24, 2.45) is 4.99 Å². The number of benzene rings is 1. The summed E-state index contributed by atoms with van der Waals surface area (Å²) < 4.78 is 5.14. The van der Waals surface area contributed by atoms with E-state index < -0.39 is 5.91 Å². The topological polar surface area (TPSA) is 102 Å². The maximum absolute atomic E-state index is 12.5. The highest BCUT2D eigenvalue weighted by Gasteiger charge is 2.18. The number of allylic oxidation sites excluding steroid dienone is 1. The third kappa shape index (κ3) is 3.40. The number of nitrogens with two attached hydrogens (primary N) is 1. The number of methoxy groups -OCH3 is 1. The number of aliphatic imine (C=N–C) groups is 1. The number of amides is 1. The molecule has 1 atom stereocenters. The summed E-state index contributed by atoms with van der Waals surface area (Å²) in [7, 11) is 1.56. The lowest BCUT2D eigenvalue weighted by atomic mass is 10.0. The van der Waals surface area contributed by atoms with Crippen LogP contribution in [0.25, 0.3) is 0 Å². The van der Waals surface area contributed by atoms with Crippen LogP contribution in [-0.2, 0) is 0 Å². The Balaban J connectivity index is 1.83. The molecular weight excluding hydrogens is 306 g/mol. The van der Waals surface area contributed by atoms with Crippen LogP contribution in [0.3, 0.4) is 0 Å². The molecule has 0 saturated heterocycles. The normalized spacial score (nSPS) is 16.0. The van der Waals surface area contributed by atoms with Gasteiger partial charge in [0, 0.05) is 23.9 Å². The lowest BCUT2D eigenvalue weighted by molar-refractivity contribution is 0.102. The third-order valence-electron chi connectivity index (χ3n) is 3.58. The van der Waals surface area contributed by atoms with Crippen molar-refractivity contribution in [3.05, 3.63) is 54.0 Å². The lowest BCUT2D eigenvalue weighted by Gasteiger charge is -2.14. The number of carbonyl (C=O) groups excluding carboxylic acids is 1. The van der Waals surface area contributed by atoms with E-state index in [1.165, 1.54) is 0 Å². The van der Waals surface area contributed by atoms with E-state index in [2.05, 4.69) is 20.3 Å². The van der Waals surface area contributed by atoms with Crippen LogP contribution in [-0.4, -0.2) is 35.7 Å². The Kier molecular flexibility index (Phi) is 4.51. The quantitative estimate of drug-likeness (QED) is 0.896. The second-order valence-corrected chi connectivity index (χ2v) is 5.22. The summed E-state index contributed by atoms with van der Waals surface area (Å²) in [6.07, 6.45) is 7.13. The zero-order valence-electron chi connectivity index (χ0n) is 13.1. The lowest BCUT2D eigenvalue weighted by Crippen LogP contribution is -2.19. The first-order valence-electron chi connectivity index (χ1n) is 7.42. The highest BCUT2D eigenvalue weighted by molar-refractivity contribution is 6.05. The molecule has 7 nitrogen and oxygen atoms in total. The Morgan fingerprint density at radius 3 is 3.04 bits per heavy atom. The molecule has 24 heavy (non-hydrogen) atoms. The van der Waals surface area contributed by atoms with Gasteiger partial charge in [0.2, 0.25) is 0 Å². The molecule has 1 aliphatic heterocycles. The van der Waals surface area contributed by atoms with Crippen LogP contribution >= 0.6 is 0 Å². The smallest absolute Gasteiger partial charge is 0.278 e. The fraction of sp³-hybridized carbons (Fsp3) is 0.176. The Bertz CT molecular complexity index is 816. The molecule has 1 unspecified atom stereocenters. The fourth-order valence-electron chi connectivity index (χ4n) is 2.32. The molecule has 3 rings (SSSR count). The number of nitrogen functional groups attached to an aromatic ring is 1. The fourth-order valence-corrected chi connectivity index (χ4v) is 2.32. The SMILES string of the molecule is COc1cccc(NC(=O)c2nc(C3C=CC=NC3)cnc2N)c1. The molecule has 1 aliphatic rings.